The first-order valence-electron chi connectivity index (χ1n) is 3.24. The molecule has 0 aliphatic rings. The summed E-state index contributed by atoms with van der Waals surface area (Å²) in [5.74, 6) is 0. The third-order valence-electron chi connectivity index (χ3n) is 1.06. The molecule has 0 saturated heterocycles. The van der Waals surface area contributed by atoms with Crippen LogP contribution in [-0.2, 0) is 0 Å². The Hall–Kier alpha value is 0.137. The summed E-state index contributed by atoms with van der Waals surface area (Å²) < 4.78 is 0. The van der Waals surface area contributed by atoms with Crippen molar-refractivity contribution in [2.45, 2.75) is 31.8 Å². The van der Waals surface area contributed by atoms with Gasteiger partial charge >= 0.3 is 0 Å². The van der Waals surface area contributed by atoms with E-state index in [1.165, 1.54) is 0 Å². The van der Waals surface area contributed by atoms with Crippen molar-refractivity contribution in [1.82, 2.24) is 0 Å². The number of aliphatic hydroxyl groups excluding tert-OH is 2. The zero-order chi connectivity index (χ0) is 7.49. The molecule has 0 fully saturated rings. The van der Waals surface area contributed by atoms with Gasteiger partial charge < -0.3 is 10.2 Å². The number of hydrogen-bond donors (Lipinski definition) is 2. The van der Waals surface area contributed by atoms with E-state index in [0.717, 1.165) is 6.04 Å². The highest BCUT2D eigenvalue weighted by Crippen LogP contribution is 2.10. The van der Waals surface area contributed by atoms with Crippen LogP contribution in [0, 0.1) is 0 Å². The van der Waals surface area contributed by atoms with E-state index in [2.05, 4.69) is 19.6 Å². The van der Waals surface area contributed by atoms with Crippen molar-refractivity contribution in [2.75, 3.05) is 6.61 Å². The van der Waals surface area contributed by atoms with E-state index in [9.17, 15) is 0 Å². The number of aliphatic hydroxyl groups is 2. The third-order valence-corrected chi connectivity index (χ3v) is 2.75. The Labute approximate surface area is 57.5 Å². The first-order valence-corrected chi connectivity index (χ1v) is 6.95. The molecule has 1 atom stereocenters. The molecule has 0 aromatic heterocycles. The molecular formula is C6H16O2Si. The lowest BCUT2D eigenvalue weighted by atomic mass is 10.4. The summed E-state index contributed by atoms with van der Waals surface area (Å²) in [6.45, 7) is 6.42. The van der Waals surface area contributed by atoms with Gasteiger partial charge in [-0.25, -0.2) is 0 Å². The van der Waals surface area contributed by atoms with Gasteiger partial charge in [0.2, 0.25) is 0 Å². The molecule has 56 valence electrons. The second-order valence-electron chi connectivity index (χ2n) is 3.60. The van der Waals surface area contributed by atoms with Crippen LogP contribution in [0.25, 0.3) is 0 Å². The van der Waals surface area contributed by atoms with Crippen molar-refractivity contribution in [2.24, 2.45) is 0 Å². The second kappa shape index (κ2) is 3.34. The van der Waals surface area contributed by atoms with Crippen LogP contribution in [0.1, 0.15) is 0 Å². The van der Waals surface area contributed by atoms with Gasteiger partial charge in [0.25, 0.3) is 0 Å². The highest BCUT2D eigenvalue weighted by molar-refractivity contribution is 6.76. The summed E-state index contributed by atoms with van der Waals surface area (Å²) >= 11 is 0. The van der Waals surface area contributed by atoms with Gasteiger partial charge in [-0.15, -0.1) is 0 Å². The SMILES string of the molecule is C[Si](C)(C)CC(O)CO. The summed E-state index contributed by atoms with van der Waals surface area (Å²) in [4.78, 5) is 0. The molecule has 0 radical (unpaired) electrons. The molecule has 0 heterocycles. The standard InChI is InChI=1S/C6H16O2Si/c1-9(2,3)5-6(8)4-7/h6-8H,4-5H2,1-3H3. The smallest absolute Gasteiger partial charge is 0.0747 e. The predicted octanol–water partition coefficient (Wildman–Crippen LogP) is 0.678. The van der Waals surface area contributed by atoms with E-state index in [4.69, 9.17) is 10.2 Å². The molecule has 0 aliphatic carbocycles. The van der Waals surface area contributed by atoms with Crippen molar-refractivity contribution in [1.29, 1.82) is 0 Å². The molecule has 2 nitrogen and oxygen atoms in total. The van der Waals surface area contributed by atoms with E-state index in [-0.39, 0.29) is 6.61 Å². The quantitative estimate of drug-likeness (QED) is 0.578. The Bertz CT molecular complexity index is 77.6. The maximum Gasteiger partial charge on any atom is 0.0747 e. The second-order valence-corrected chi connectivity index (χ2v) is 9.13. The summed E-state index contributed by atoms with van der Waals surface area (Å²) in [7, 11) is -1.15. The van der Waals surface area contributed by atoms with Gasteiger partial charge in [-0.05, 0) is 6.04 Å². The Morgan fingerprint density at radius 2 is 1.78 bits per heavy atom. The Balaban J connectivity index is 3.47. The fourth-order valence-corrected chi connectivity index (χ4v) is 2.31. The van der Waals surface area contributed by atoms with Crippen LogP contribution in [0.3, 0.4) is 0 Å². The normalized spacial score (nSPS) is 15.7. The monoisotopic (exact) mass is 148 g/mol. The van der Waals surface area contributed by atoms with Crippen molar-refractivity contribution >= 4 is 8.07 Å². The van der Waals surface area contributed by atoms with E-state index >= 15 is 0 Å². The summed E-state index contributed by atoms with van der Waals surface area (Å²) in [6.07, 6.45) is -0.489. The maximum absolute atomic E-state index is 8.98. The Morgan fingerprint density at radius 1 is 1.33 bits per heavy atom. The largest absolute Gasteiger partial charge is 0.394 e. The molecule has 2 N–H and O–H groups in total. The summed E-state index contributed by atoms with van der Waals surface area (Å²) in [5.41, 5.74) is 0. The molecule has 0 rings (SSSR count). The van der Waals surface area contributed by atoms with Gasteiger partial charge in [-0.1, -0.05) is 19.6 Å². The zero-order valence-corrected chi connectivity index (χ0v) is 7.39. The number of hydrogen-bond acceptors (Lipinski definition) is 2. The van der Waals surface area contributed by atoms with Gasteiger partial charge in [0.05, 0.1) is 12.7 Å². The molecule has 0 aliphatic heterocycles. The van der Waals surface area contributed by atoms with Crippen molar-refractivity contribution in [3.05, 3.63) is 0 Å². The van der Waals surface area contributed by atoms with E-state index in [0.29, 0.717) is 0 Å². The topological polar surface area (TPSA) is 40.5 Å². The van der Waals surface area contributed by atoms with Crippen LogP contribution in [0.4, 0.5) is 0 Å². The minimum Gasteiger partial charge on any atom is -0.394 e. The van der Waals surface area contributed by atoms with Crippen molar-refractivity contribution in [3.63, 3.8) is 0 Å². The van der Waals surface area contributed by atoms with Gasteiger partial charge in [0, 0.05) is 8.07 Å². The van der Waals surface area contributed by atoms with Crippen LogP contribution >= 0.6 is 0 Å². The molecular weight excluding hydrogens is 132 g/mol. The average Bonchev–Trinajstić information content (AvgIpc) is 1.62. The molecule has 0 bridgehead atoms. The van der Waals surface area contributed by atoms with Crippen LogP contribution in [-0.4, -0.2) is 31.0 Å². The van der Waals surface area contributed by atoms with E-state index in [1.54, 1.807) is 0 Å². The molecule has 0 amide bonds. The first kappa shape index (κ1) is 9.14. The molecule has 0 saturated carbocycles. The lowest BCUT2D eigenvalue weighted by Crippen LogP contribution is -2.28. The van der Waals surface area contributed by atoms with Crippen LogP contribution < -0.4 is 0 Å². The van der Waals surface area contributed by atoms with E-state index in [1.807, 2.05) is 0 Å². The van der Waals surface area contributed by atoms with Crippen LogP contribution in [0.2, 0.25) is 25.7 Å². The molecule has 9 heavy (non-hydrogen) atoms. The van der Waals surface area contributed by atoms with Gasteiger partial charge in [0.15, 0.2) is 0 Å². The predicted molar refractivity (Wildman–Crippen MR) is 41.2 cm³/mol. The lowest BCUT2D eigenvalue weighted by molar-refractivity contribution is 0.109. The van der Waals surface area contributed by atoms with E-state index < -0.39 is 14.2 Å². The fourth-order valence-electron chi connectivity index (χ4n) is 0.771. The maximum atomic E-state index is 8.98. The minimum absolute atomic E-state index is 0.0930. The van der Waals surface area contributed by atoms with Crippen molar-refractivity contribution in [3.8, 4) is 0 Å². The van der Waals surface area contributed by atoms with Crippen molar-refractivity contribution < 1.29 is 10.2 Å². The average molecular weight is 148 g/mol. The lowest BCUT2D eigenvalue weighted by Gasteiger charge is -2.18. The molecule has 3 heteroatoms. The third kappa shape index (κ3) is 6.02. The summed E-state index contributed by atoms with van der Waals surface area (Å²) in [5, 5.41) is 17.4. The molecule has 0 aromatic carbocycles. The Morgan fingerprint density at radius 3 is 1.89 bits per heavy atom. The fraction of sp³-hybridized carbons (Fsp3) is 1.00. The first-order chi connectivity index (χ1) is 3.95. The van der Waals surface area contributed by atoms with Gasteiger partial charge in [-0.2, -0.15) is 0 Å². The minimum atomic E-state index is -1.15. The molecule has 0 aromatic rings. The summed E-state index contributed by atoms with van der Waals surface area (Å²) in [6, 6.07) is 0.795. The van der Waals surface area contributed by atoms with Crippen LogP contribution in [0.15, 0.2) is 0 Å². The Kier molecular flexibility index (Phi) is 3.39. The van der Waals surface area contributed by atoms with Crippen LogP contribution in [0.5, 0.6) is 0 Å². The highest BCUT2D eigenvalue weighted by Gasteiger charge is 2.17. The zero-order valence-electron chi connectivity index (χ0n) is 6.39. The molecule has 0 spiro atoms. The van der Waals surface area contributed by atoms with Gasteiger partial charge in [0.1, 0.15) is 0 Å². The highest BCUT2D eigenvalue weighted by atomic mass is 28.3. The number of rotatable bonds is 3. The van der Waals surface area contributed by atoms with Gasteiger partial charge in [-0.3, -0.25) is 0 Å². The molecule has 1 unspecified atom stereocenters.